The van der Waals surface area contributed by atoms with Crippen LogP contribution in [0, 0.1) is 10.1 Å². The van der Waals surface area contributed by atoms with Crippen molar-refractivity contribution in [2.75, 3.05) is 30.3 Å². The van der Waals surface area contributed by atoms with E-state index in [9.17, 15) is 14.9 Å². The van der Waals surface area contributed by atoms with Crippen molar-refractivity contribution in [2.24, 2.45) is 0 Å². The smallest absolute Gasteiger partial charge is 0.409 e. The van der Waals surface area contributed by atoms with Crippen LogP contribution in [0.1, 0.15) is 53.4 Å². The first kappa shape index (κ1) is 21.6. The second kappa shape index (κ2) is 9.52. The molecule has 1 fully saturated rings. The molecule has 2 heterocycles. The van der Waals surface area contributed by atoms with Crippen LogP contribution < -0.4 is 10.6 Å². The lowest BCUT2D eigenvalue weighted by atomic mass is 10.1. The summed E-state index contributed by atoms with van der Waals surface area (Å²) in [6, 6.07) is -0.0178. The molecule has 0 bridgehead atoms. The molecule has 10 heteroatoms. The van der Waals surface area contributed by atoms with Gasteiger partial charge in [0.05, 0.1) is 11.5 Å². The first-order valence-electron chi connectivity index (χ1n) is 9.67. The molecule has 156 valence electrons. The molecule has 1 aliphatic heterocycles. The van der Waals surface area contributed by atoms with E-state index < -0.39 is 4.92 Å². The van der Waals surface area contributed by atoms with Gasteiger partial charge in [-0.1, -0.05) is 13.3 Å². The number of likely N-dealkylation sites (tertiary alicyclic amines) is 1. The van der Waals surface area contributed by atoms with Crippen LogP contribution in [-0.2, 0) is 4.74 Å². The molecule has 28 heavy (non-hydrogen) atoms. The van der Waals surface area contributed by atoms with E-state index in [0.29, 0.717) is 38.5 Å². The Bertz CT molecular complexity index is 683. The van der Waals surface area contributed by atoms with Crippen LogP contribution in [0.5, 0.6) is 0 Å². The maximum absolute atomic E-state index is 12.0. The summed E-state index contributed by atoms with van der Waals surface area (Å²) in [6.07, 6.45) is 4.06. The zero-order valence-electron chi connectivity index (χ0n) is 17.0. The van der Waals surface area contributed by atoms with E-state index in [1.807, 2.05) is 27.7 Å². The van der Waals surface area contributed by atoms with Crippen molar-refractivity contribution in [2.45, 2.75) is 65.0 Å². The summed E-state index contributed by atoms with van der Waals surface area (Å²) >= 11 is 0. The van der Waals surface area contributed by atoms with Crippen molar-refractivity contribution < 1.29 is 14.5 Å². The number of nitrogens with one attached hydrogen (secondary N) is 2. The monoisotopic (exact) mass is 394 g/mol. The Labute approximate surface area is 165 Å². The van der Waals surface area contributed by atoms with Gasteiger partial charge in [-0.05, 0) is 40.0 Å². The standard InChI is InChI=1S/C18H30N6O4/c1-5-6-11-28-17(25)23-9-7-13(8-10-23)20-15-14(24(26)27)12-19-16(21-15)22-18(2,3)4/h12-13H,5-11H2,1-4H3,(H2,19,20,21,22). The predicted octanol–water partition coefficient (Wildman–Crippen LogP) is 3.41. The number of hydrogen-bond donors (Lipinski definition) is 2. The highest BCUT2D eigenvalue weighted by Crippen LogP contribution is 2.26. The number of aromatic nitrogens is 2. The summed E-state index contributed by atoms with van der Waals surface area (Å²) in [5.74, 6) is 0.522. The molecular weight excluding hydrogens is 364 g/mol. The second-order valence-electron chi connectivity index (χ2n) is 7.93. The maximum Gasteiger partial charge on any atom is 0.409 e. The lowest BCUT2D eigenvalue weighted by molar-refractivity contribution is -0.384. The Hall–Kier alpha value is -2.65. The number of piperidine rings is 1. The highest BCUT2D eigenvalue weighted by atomic mass is 16.6. The van der Waals surface area contributed by atoms with Crippen LogP contribution in [0.3, 0.4) is 0 Å². The SMILES string of the molecule is CCCCOC(=O)N1CCC(Nc2nc(NC(C)(C)C)ncc2[N+](=O)[O-])CC1. The maximum atomic E-state index is 12.0. The predicted molar refractivity (Wildman–Crippen MR) is 107 cm³/mol. The first-order valence-corrected chi connectivity index (χ1v) is 9.67. The van der Waals surface area contributed by atoms with Crippen LogP contribution in [0.15, 0.2) is 6.20 Å². The van der Waals surface area contributed by atoms with Gasteiger partial charge in [0, 0.05) is 24.7 Å². The van der Waals surface area contributed by atoms with Crippen LogP contribution >= 0.6 is 0 Å². The summed E-state index contributed by atoms with van der Waals surface area (Å²) in [4.78, 5) is 32.9. The molecule has 2 N–H and O–H groups in total. The Balaban J connectivity index is 1.98. The van der Waals surface area contributed by atoms with Crippen molar-refractivity contribution in [1.82, 2.24) is 14.9 Å². The molecule has 0 atom stereocenters. The van der Waals surface area contributed by atoms with Crippen LogP contribution in [0.2, 0.25) is 0 Å². The molecule has 0 saturated carbocycles. The number of rotatable bonds is 7. The Morgan fingerprint density at radius 2 is 2.07 bits per heavy atom. The molecule has 1 amide bonds. The minimum atomic E-state index is -0.497. The third-order valence-corrected chi connectivity index (χ3v) is 4.27. The average molecular weight is 394 g/mol. The van der Waals surface area contributed by atoms with Crippen LogP contribution in [0.25, 0.3) is 0 Å². The third kappa shape index (κ3) is 6.50. The molecule has 0 unspecified atom stereocenters. The van der Waals surface area contributed by atoms with Gasteiger partial charge in [0.15, 0.2) is 0 Å². The normalized spacial score (nSPS) is 15.2. The Morgan fingerprint density at radius 3 is 2.64 bits per heavy atom. The number of unbranched alkanes of at least 4 members (excludes halogenated alkanes) is 1. The van der Waals surface area contributed by atoms with E-state index in [1.165, 1.54) is 6.20 Å². The number of nitrogens with zero attached hydrogens (tertiary/aromatic N) is 4. The molecule has 2 rings (SSSR count). The number of hydrogen-bond acceptors (Lipinski definition) is 8. The Kier molecular flexibility index (Phi) is 7.36. The van der Waals surface area contributed by atoms with E-state index in [4.69, 9.17) is 4.74 Å². The van der Waals surface area contributed by atoms with Gasteiger partial charge in [-0.15, -0.1) is 0 Å². The molecule has 10 nitrogen and oxygen atoms in total. The van der Waals surface area contributed by atoms with Crippen molar-refractivity contribution in [3.8, 4) is 0 Å². The molecule has 0 radical (unpaired) electrons. The van der Waals surface area contributed by atoms with E-state index in [0.717, 1.165) is 12.8 Å². The van der Waals surface area contributed by atoms with Crippen LogP contribution in [-0.4, -0.2) is 57.2 Å². The number of carbonyl (C=O) groups excluding carboxylic acids is 1. The quantitative estimate of drug-likeness (QED) is 0.410. The fraction of sp³-hybridized carbons (Fsp3) is 0.722. The van der Waals surface area contributed by atoms with Gasteiger partial charge in [-0.25, -0.2) is 9.78 Å². The van der Waals surface area contributed by atoms with E-state index in [-0.39, 0.29) is 29.2 Å². The first-order chi connectivity index (χ1) is 13.2. The topological polar surface area (TPSA) is 123 Å². The van der Waals surface area contributed by atoms with Gasteiger partial charge in [-0.3, -0.25) is 10.1 Å². The minimum absolute atomic E-state index is 0.0178. The highest BCUT2D eigenvalue weighted by molar-refractivity contribution is 5.67. The molecule has 1 aromatic rings. The highest BCUT2D eigenvalue weighted by Gasteiger charge is 2.27. The lowest BCUT2D eigenvalue weighted by Crippen LogP contribution is -2.42. The molecule has 0 aliphatic carbocycles. The van der Waals surface area contributed by atoms with Crippen molar-refractivity contribution in [3.63, 3.8) is 0 Å². The Morgan fingerprint density at radius 1 is 1.39 bits per heavy atom. The molecule has 1 aliphatic rings. The van der Waals surface area contributed by atoms with Gasteiger partial charge >= 0.3 is 11.8 Å². The summed E-state index contributed by atoms with van der Waals surface area (Å²) in [7, 11) is 0. The molecule has 1 aromatic heterocycles. The lowest BCUT2D eigenvalue weighted by Gasteiger charge is -2.32. The number of amides is 1. The largest absolute Gasteiger partial charge is 0.449 e. The minimum Gasteiger partial charge on any atom is -0.449 e. The molecule has 1 saturated heterocycles. The van der Waals surface area contributed by atoms with Gasteiger partial charge in [0.1, 0.15) is 6.20 Å². The molecular formula is C18H30N6O4. The summed E-state index contributed by atoms with van der Waals surface area (Å²) in [5, 5.41) is 17.6. The summed E-state index contributed by atoms with van der Waals surface area (Å²) in [5.41, 5.74) is -0.433. The third-order valence-electron chi connectivity index (χ3n) is 4.27. The van der Waals surface area contributed by atoms with Crippen molar-refractivity contribution in [1.29, 1.82) is 0 Å². The summed E-state index contributed by atoms with van der Waals surface area (Å²) in [6.45, 7) is 9.42. The number of ether oxygens (including phenoxy) is 1. The van der Waals surface area contributed by atoms with Gasteiger partial charge in [0.25, 0.3) is 0 Å². The van der Waals surface area contributed by atoms with Crippen molar-refractivity contribution >= 4 is 23.5 Å². The van der Waals surface area contributed by atoms with Gasteiger partial charge in [0.2, 0.25) is 11.8 Å². The number of nitro groups is 1. The fourth-order valence-electron chi connectivity index (χ4n) is 2.81. The molecule has 0 spiro atoms. The fourth-order valence-corrected chi connectivity index (χ4v) is 2.81. The molecule has 0 aromatic carbocycles. The average Bonchev–Trinajstić information content (AvgIpc) is 2.61. The zero-order valence-corrected chi connectivity index (χ0v) is 17.0. The summed E-state index contributed by atoms with van der Waals surface area (Å²) < 4.78 is 5.24. The number of anilines is 2. The van der Waals surface area contributed by atoms with E-state index in [2.05, 4.69) is 20.6 Å². The second-order valence-corrected chi connectivity index (χ2v) is 7.93. The zero-order chi connectivity index (χ0) is 20.7. The number of carbonyl (C=O) groups is 1. The van der Waals surface area contributed by atoms with Crippen LogP contribution in [0.4, 0.5) is 22.2 Å². The van der Waals surface area contributed by atoms with E-state index >= 15 is 0 Å². The van der Waals surface area contributed by atoms with E-state index in [1.54, 1.807) is 4.90 Å². The van der Waals surface area contributed by atoms with Gasteiger partial charge in [-0.2, -0.15) is 4.98 Å². The van der Waals surface area contributed by atoms with Crippen molar-refractivity contribution in [3.05, 3.63) is 16.3 Å². The van der Waals surface area contributed by atoms with Gasteiger partial charge < -0.3 is 20.3 Å².